The van der Waals surface area contributed by atoms with Crippen LogP contribution >= 0.6 is 0 Å². The monoisotopic (exact) mass is 493 g/mol. The van der Waals surface area contributed by atoms with E-state index in [-0.39, 0.29) is 24.1 Å². The Morgan fingerprint density at radius 3 is 2.78 bits per heavy atom. The Morgan fingerprint density at radius 2 is 2.03 bits per heavy atom. The Hall–Kier alpha value is -3.90. The molecule has 0 spiro atoms. The lowest BCUT2D eigenvalue weighted by atomic mass is 10.2. The number of nitrogens with one attached hydrogen (secondary N) is 2. The van der Waals surface area contributed by atoms with Crippen LogP contribution < -0.4 is 20.7 Å². The molecular formula is C24H28FN9O2. The third-order valence-electron chi connectivity index (χ3n) is 6.00. The van der Waals surface area contributed by atoms with Gasteiger partial charge in [-0.05, 0) is 31.5 Å². The number of phenolic OH excluding ortho intramolecular Hbond substituents is 1. The van der Waals surface area contributed by atoms with E-state index < -0.39 is 5.82 Å². The van der Waals surface area contributed by atoms with E-state index in [4.69, 9.17) is 4.74 Å². The van der Waals surface area contributed by atoms with Crippen molar-refractivity contribution < 1.29 is 14.2 Å². The number of aromatic nitrogens is 3. The third kappa shape index (κ3) is 5.66. The zero-order valence-electron chi connectivity index (χ0n) is 19.9. The average Bonchev–Trinajstić information content (AvgIpc) is 3.32. The number of ether oxygens (including phenoxy) is 1. The maximum Gasteiger partial charge on any atom is 0.270 e. The van der Waals surface area contributed by atoms with Gasteiger partial charge >= 0.3 is 0 Å². The van der Waals surface area contributed by atoms with Gasteiger partial charge < -0.3 is 25.1 Å². The van der Waals surface area contributed by atoms with Gasteiger partial charge in [-0.1, -0.05) is 0 Å². The highest BCUT2D eigenvalue weighted by Gasteiger charge is 2.21. The van der Waals surface area contributed by atoms with Gasteiger partial charge in [0.1, 0.15) is 12.3 Å². The smallest absolute Gasteiger partial charge is 0.270 e. The van der Waals surface area contributed by atoms with Crippen LogP contribution in [0.15, 0.2) is 53.0 Å². The summed E-state index contributed by atoms with van der Waals surface area (Å²) in [6.07, 6.45) is 3.85. The number of benzene rings is 1. The Balaban J connectivity index is 1.21. The van der Waals surface area contributed by atoms with Crippen LogP contribution in [-0.2, 0) is 11.3 Å². The van der Waals surface area contributed by atoms with Crippen LogP contribution in [0.2, 0.25) is 0 Å². The lowest BCUT2D eigenvalue weighted by molar-refractivity contribution is 0.122. The Kier molecular flexibility index (Phi) is 7.14. The molecule has 0 amide bonds. The van der Waals surface area contributed by atoms with E-state index in [9.17, 15) is 9.50 Å². The lowest BCUT2D eigenvalue weighted by Crippen LogP contribution is -2.37. The standard InChI is InChI=1S/C24H28FN9O2/c1-16-4-5-29-34(16)20-10-19(11-21(35)12-20)30-18-3-2-17(26-13-18)14-28-32-24-27-15-22(25)23(31-24)33-6-8-36-9-7-33/h2-3,10-13,15-16,29-30,35H,4-9,14H2,1H3. The van der Waals surface area contributed by atoms with Gasteiger partial charge in [-0.3, -0.25) is 4.98 Å². The molecule has 2 aliphatic rings. The fraction of sp³-hybridized carbons (Fsp3) is 0.375. The highest BCUT2D eigenvalue weighted by atomic mass is 19.1. The first-order valence-corrected chi connectivity index (χ1v) is 11.9. The first-order chi connectivity index (χ1) is 17.5. The number of morpholine rings is 1. The van der Waals surface area contributed by atoms with Crippen LogP contribution in [0.3, 0.4) is 0 Å². The Bertz CT molecular complexity index is 1220. The minimum absolute atomic E-state index is 0.0951. The van der Waals surface area contributed by atoms with Gasteiger partial charge in [-0.25, -0.2) is 14.8 Å². The predicted octanol–water partition coefficient (Wildman–Crippen LogP) is 3.68. The molecule has 0 aliphatic carbocycles. The quantitative estimate of drug-likeness (QED) is 0.423. The molecule has 11 nitrogen and oxygen atoms in total. The summed E-state index contributed by atoms with van der Waals surface area (Å²) in [4.78, 5) is 14.3. The zero-order valence-corrected chi connectivity index (χ0v) is 19.9. The summed E-state index contributed by atoms with van der Waals surface area (Å²) in [5, 5.41) is 23.7. The van der Waals surface area contributed by atoms with Gasteiger partial charge in [-0.2, -0.15) is 10.1 Å². The van der Waals surface area contributed by atoms with E-state index in [1.165, 1.54) is 0 Å². The van der Waals surface area contributed by atoms with Gasteiger partial charge in [0.05, 0.1) is 42.7 Å². The van der Waals surface area contributed by atoms with Gasteiger partial charge in [0.15, 0.2) is 11.6 Å². The summed E-state index contributed by atoms with van der Waals surface area (Å²) in [7, 11) is 0. The highest BCUT2D eigenvalue weighted by Crippen LogP contribution is 2.30. The highest BCUT2D eigenvalue weighted by molar-refractivity contribution is 5.67. The predicted molar refractivity (Wildman–Crippen MR) is 133 cm³/mol. The molecule has 2 fully saturated rings. The molecule has 2 aromatic heterocycles. The fourth-order valence-electron chi connectivity index (χ4n) is 4.15. The molecule has 5 rings (SSSR count). The number of halogens is 1. The van der Waals surface area contributed by atoms with Crippen molar-refractivity contribution in [1.82, 2.24) is 20.4 Å². The van der Waals surface area contributed by atoms with Crippen LogP contribution in [0.1, 0.15) is 19.0 Å². The normalized spacial score (nSPS) is 18.2. The number of nitrogens with zero attached hydrogens (tertiary/aromatic N) is 7. The number of pyridine rings is 1. The van der Waals surface area contributed by atoms with E-state index in [0.717, 1.165) is 36.2 Å². The summed E-state index contributed by atoms with van der Waals surface area (Å²) < 4.78 is 19.5. The second-order valence-corrected chi connectivity index (χ2v) is 8.66. The van der Waals surface area contributed by atoms with Gasteiger partial charge in [0.25, 0.3) is 5.95 Å². The van der Waals surface area contributed by atoms with Crippen LogP contribution in [0.4, 0.5) is 33.2 Å². The van der Waals surface area contributed by atoms with Crippen molar-refractivity contribution in [2.45, 2.75) is 25.9 Å². The molecule has 36 heavy (non-hydrogen) atoms. The minimum atomic E-state index is -0.495. The van der Waals surface area contributed by atoms with Gasteiger partial charge in [-0.15, -0.1) is 5.11 Å². The summed E-state index contributed by atoms with van der Waals surface area (Å²) >= 11 is 0. The SMILES string of the molecule is CC1CCNN1c1cc(O)cc(Nc2ccc(CN=Nc3ncc(F)c(N4CCOCC4)n3)nc2)c1. The molecule has 1 aromatic carbocycles. The largest absolute Gasteiger partial charge is 0.508 e. The number of anilines is 4. The molecule has 1 unspecified atom stereocenters. The van der Waals surface area contributed by atoms with Crippen molar-refractivity contribution in [3.05, 3.63) is 54.2 Å². The first kappa shape index (κ1) is 23.8. The maximum absolute atomic E-state index is 14.2. The zero-order chi connectivity index (χ0) is 24.9. The minimum Gasteiger partial charge on any atom is -0.508 e. The van der Waals surface area contributed by atoms with Gasteiger partial charge in [0.2, 0.25) is 0 Å². The van der Waals surface area contributed by atoms with Gasteiger partial charge in [0, 0.05) is 43.5 Å². The number of rotatable bonds is 7. The lowest BCUT2D eigenvalue weighted by Gasteiger charge is -2.27. The maximum atomic E-state index is 14.2. The van der Waals surface area contributed by atoms with Crippen LogP contribution in [-0.4, -0.2) is 58.9 Å². The molecule has 2 aliphatic heterocycles. The van der Waals surface area contributed by atoms with E-state index in [2.05, 4.69) is 47.9 Å². The number of phenols is 1. The third-order valence-corrected chi connectivity index (χ3v) is 6.00. The topological polar surface area (TPSA) is 123 Å². The number of aromatic hydroxyl groups is 1. The second kappa shape index (κ2) is 10.8. The van der Waals surface area contributed by atoms with Crippen molar-refractivity contribution in [1.29, 1.82) is 0 Å². The van der Waals surface area contributed by atoms with Crippen molar-refractivity contribution in [2.24, 2.45) is 10.2 Å². The summed E-state index contributed by atoms with van der Waals surface area (Å²) in [6, 6.07) is 9.44. The second-order valence-electron chi connectivity index (χ2n) is 8.66. The van der Waals surface area contributed by atoms with Crippen LogP contribution in [0, 0.1) is 5.82 Å². The number of hydrogen-bond acceptors (Lipinski definition) is 11. The van der Waals surface area contributed by atoms with Crippen LogP contribution in [0.25, 0.3) is 0 Å². The molecule has 0 radical (unpaired) electrons. The number of hydrogen-bond donors (Lipinski definition) is 3. The number of hydrazine groups is 1. The molecule has 2 saturated heterocycles. The van der Waals surface area contributed by atoms with Crippen molar-refractivity contribution in [3.8, 4) is 5.75 Å². The van der Waals surface area contributed by atoms with Crippen molar-refractivity contribution in [2.75, 3.05) is 48.1 Å². The first-order valence-electron chi connectivity index (χ1n) is 11.9. The van der Waals surface area contributed by atoms with E-state index in [0.29, 0.717) is 38.0 Å². The van der Waals surface area contributed by atoms with E-state index >= 15 is 0 Å². The molecule has 12 heteroatoms. The fourth-order valence-corrected chi connectivity index (χ4v) is 4.15. The van der Waals surface area contributed by atoms with Crippen molar-refractivity contribution in [3.63, 3.8) is 0 Å². The Morgan fingerprint density at radius 1 is 1.17 bits per heavy atom. The summed E-state index contributed by atoms with van der Waals surface area (Å²) in [5.41, 5.74) is 6.45. The molecule has 188 valence electrons. The van der Waals surface area contributed by atoms with Crippen LogP contribution in [0.5, 0.6) is 5.75 Å². The molecule has 4 heterocycles. The molecule has 1 atom stereocenters. The van der Waals surface area contributed by atoms with E-state index in [1.807, 2.05) is 23.1 Å². The van der Waals surface area contributed by atoms with E-state index in [1.54, 1.807) is 18.3 Å². The summed E-state index contributed by atoms with van der Waals surface area (Å²) in [6.45, 7) is 5.45. The van der Waals surface area contributed by atoms with Crippen molar-refractivity contribution >= 4 is 28.8 Å². The number of azo groups is 1. The Labute approximate surface area is 208 Å². The molecular weight excluding hydrogens is 465 g/mol. The summed E-state index contributed by atoms with van der Waals surface area (Å²) in [5.74, 6) is -0.00935. The molecule has 3 N–H and O–H groups in total. The average molecular weight is 494 g/mol. The molecule has 0 bridgehead atoms. The molecule has 0 saturated carbocycles. The molecule has 3 aromatic rings.